The van der Waals surface area contributed by atoms with E-state index in [0.717, 1.165) is 55.5 Å². The summed E-state index contributed by atoms with van der Waals surface area (Å²) >= 11 is 0. The van der Waals surface area contributed by atoms with Crippen LogP contribution >= 0.6 is 0 Å². The minimum absolute atomic E-state index is 0.0511. The smallest absolute Gasteiger partial charge is 0.165 e. The third-order valence-corrected chi connectivity index (χ3v) is 6.03. The van der Waals surface area contributed by atoms with Crippen molar-refractivity contribution in [1.29, 1.82) is 0 Å². The van der Waals surface area contributed by atoms with Gasteiger partial charge in [0.25, 0.3) is 0 Å². The molecule has 0 unspecified atom stereocenters. The van der Waals surface area contributed by atoms with Crippen molar-refractivity contribution in [3.63, 3.8) is 0 Å². The number of carbonyl (C=O) groups excluding carboxylic acids is 1. The molecule has 0 amide bonds. The Morgan fingerprint density at radius 2 is 1.93 bits per heavy atom. The molecule has 1 aromatic heterocycles. The van der Waals surface area contributed by atoms with E-state index < -0.39 is 5.82 Å². The number of pyridine rings is 1. The average Bonchev–Trinajstić information content (AvgIpc) is 3.42. The van der Waals surface area contributed by atoms with Gasteiger partial charge in [-0.3, -0.25) is 4.79 Å². The zero-order valence-electron chi connectivity index (χ0n) is 16.7. The van der Waals surface area contributed by atoms with Crippen molar-refractivity contribution in [3.05, 3.63) is 58.3 Å². The van der Waals surface area contributed by atoms with Crippen molar-refractivity contribution in [3.8, 4) is 0 Å². The number of aromatic nitrogens is 1. The van der Waals surface area contributed by atoms with Gasteiger partial charge >= 0.3 is 0 Å². The van der Waals surface area contributed by atoms with Crippen LogP contribution in [0, 0.1) is 24.0 Å². The number of rotatable bonds is 6. The van der Waals surface area contributed by atoms with Gasteiger partial charge in [0.2, 0.25) is 0 Å². The molecule has 2 fully saturated rings. The first-order valence-electron chi connectivity index (χ1n) is 9.96. The molecule has 0 N–H and O–H groups in total. The fourth-order valence-corrected chi connectivity index (χ4v) is 4.27. The number of aryl methyl sites for hydroxylation is 2. The lowest BCUT2D eigenvalue weighted by Crippen LogP contribution is -2.55. The Bertz CT molecular complexity index is 930. The number of Topliss-reactive ketones (excluding diaryl/α,β-unsaturated/α-hetero) is 1. The number of carbonyl (C=O) groups is 1. The van der Waals surface area contributed by atoms with E-state index in [1.54, 1.807) is 18.3 Å². The predicted molar refractivity (Wildman–Crippen MR) is 106 cm³/mol. The highest BCUT2D eigenvalue weighted by Crippen LogP contribution is 2.44. The highest BCUT2D eigenvalue weighted by atomic mass is 19.1. The first kappa shape index (κ1) is 19.0. The van der Waals surface area contributed by atoms with Crippen molar-refractivity contribution in [2.45, 2.75) is 52.4 Å². The van der Waals surface area contributed by atoms with Crippen molar-refractivity contribution in [1.82, 2.24) is 4.98 Å². The van der Waals surface area contributed by atoms with Gasteiger partial charge in [-0.25, -0.2) is 13.8 Å². The second-order valence-corrected chi connectivity index (χ2v) is 8.85. The van der Waals surface area contributed by atoms with Crippen LogP contribution in [0.3, 0.4) is 0 Å². The zero-order chi connectivity index (χ0) is 20.1. The maximum absolute atomic E-state index is 14.4. The van der Waals surface area contributed by atoms with E-state index >= 15 is 0 Å². The molecular formula is C23H26F2N2O. The standard InChI is InChI=1S/C23H26F2N2O/c1-14-8-21(25)22(26-11-14)27-12-23(3,13-27)7-6-17-9-20(24)18(15(2)28)10-19(17)16-4-5-16/h8-11,16H,4-7,12-13H2,1-3H3. The molecule has 0 spiro atoms. The van der Waals surface area contributed by atoms with Gasteiger partial charge in [0, 0.05) is 24.7 Å². The monoisotopic (exact) mass is 384 g/mol. The number of hydrogen-bond acceptors (Lipinski definition) is 3. The summed E-state index contributed by atoms with van der Waals surface area (Å²) in [5.74, 6) is -0.0396. The van der Waals surface area contributed by atoms with Crippen LogP contribution < -0.4 is 4.90 Å². The summed E-state index contributed by atoms with van der Waals surface area (Å²) in [6.45, 7) is 6.91. The Morgan fingerprint density at radius 1 is 1.21 bits per heavy atom. The molecule has 1 saturated heterocycles. The van der Waals surface area contributed by atoms with Crippen LogP contribution in [0.2, 0.25) is 0 Å². The van der Waals surface area contributed by atoms with Gasteiger partial charge in [-0.15, -0.1) is 0 Å². The lowest BCUT2D eigenvalue weighted by molar-refractivity contribution is 0.101. The fraction of sp³-hybridized carbons (Fsp3) is 0.478. The van der Waals surface area contributed by atoms with Crippen LogP contribution in [-0.4, -0.2) is 23.9 Å². The predicted octanol–water partition coefficient (Wildman–Crippen LogP) is 5.21. The molecule has 0 radical (unpaired) electrons. The molecule has 1 saturated carbocycles. The molecule has 5 heteroatoms. The van der Waals surface area contributed by atoms with Gasteiger partial charge in [0.05, 0.1) is 5.56 Å². The third kappa shape index (κ3) is 3.67. The van der Waals surface area contributed by atoms with Crippen LogP contribution in [0.4, 0.5) is 14.6 Å². The molecule has 28 heavy (non-hydrogen) atoms. The van der Waals surface area contributed by atoms with Crippen LogP contribution in [0.25, 0.3) is 0 Å². The van der Waals surface area contributed by atoms with Crippen molar-refractivity contribution >= 4 is 11.6 Å². The topological polar surface area (TPSA) is 33.2 Å². The number of anilines is 1. The lowest BCUT2D eigenvalue weighted by atomic mass is 9.76. The number of hydrogen-bond donors (Lipinski definition) is 0. The Balaban J connectivity index is 1.45. The molecule has 0 atom stereocenters. The zero-order valence-corrected chi connectivity index (χ0v) is 16.7. The Morgan fingerprint density at radius 3 is 2.54 bits per heavy atom. The normalized spacial score (nSPS) is 18.1. The number of benzene rings is 1. The van der Waals surface area contributed by atoms with Crippen LogP contribution in [-0.2, 0) is 6.42 Å². The second-order valence-electron chi connectivity index (χ2n) is 8.85. The highest BCUT2D eigenvalue weighted by molar-refractivity contribution is 5.94. The van der Waals surface area contributed by atoms with Crippen molar-refractivity contribution < 1.29 is 13.6 Å². The molecule has 1 aromatic carbocycles. The van der Waals surface area contributed by atoms with E-state index in [4.69, 9.17) is 0 Å². The minimum atomic E-state index is -0.418. The first-order chi connectivity index (χ1) is 13.3. The number of halogens is 2. The molecule has 4 rings (SSSR count). The van der Waals surface area contributed by atoms with Gasteiger partial charge < -0.3 is 4.90 Å². The molecular weight excluding hydrogens is 358 g/mol. The van der Waals surface area contributed by atoms with Gasteiger partial charge in [-0.1, -0.05) is 6.92 Å². The van der Waals surface area contributed by atoms with Crippen molar-refractivity contribution in [2.24, 2.45) is 5.41 Å². The van der Waals surface area contributed by atoms with Gasteiger partial charge in [-0.2, -0.15) is 0 Å². The molecule has 3 nitrogen and oxygen atoms in total. The molecule has 148 valence electrons. The maximum atomic E-state index is 14.4. The summed E-state index contributed by atoms with van der Waals surface area (Å²) < 4.78 is 28.5. The summed E-state index contributed by atoms with van der Waals surface area (Å²) in [5, 5.41) is 0. The van der Waals surface area contributed by atoms with E-state index in [-0.39, 0.29) is 22.6 Å². The van der Waals surface area contributed by atoms with Gasteiger partial charge in [0.1, 0.15) is 5.82 Å². The molecule has 0 bridgehead atoms. The van der Waals surface area contributed by atoms with E-state index in [0.29, 0.717) is 11.7 Å². The second kappa shape index (κ2) is 6.94. The number of ketones is 1. The fourth-order valence-electron chi connectivity index (χ4n) is 4.27. The lowest BCUT2D eigenvalue weighted by Gasteiger charge is -2.49. The average molecular weight is 384 g/mol. The molecule has 2 aromatic rings. The third-order valence-electron chi connectivity index (χ3n) is 6.03. The summed E-state index contributed by atoms with van der Waals surface area (Å²) in [4.78, 5) is 17.9. The molecule has 1 aliphatic heterocycles. The van der Waals surface area contributed by atoms with Crippen LogP contribution in [0.1, 0.15) is 66.1 Å². The van der Waals surface area contributed by atoms with Crippen LogP contribution in [0.15, 0.2) is 24.4 Å². The molecule has 2 heterocycles. The summed E-state index contributed by atoms with van der Waals surface area (Å²) in [7, 11) is 0. The SMILES string of the molecule is CC(=O)c1cc(C2CC2)c(CCC2(C)CN(c3ncc(C)cc3F)C2)cc1F. The molecule has 1 aliphatic carbocycles. The maximum Gasteiger partial charge on any atom is 0.165 e. The van der Waals surface area contributed by atoms with E-state index in [1.165, 1.54) is 13.0 Å². The van der Waals surface area contributed by atoms with Gasteiger partial charge in [-0.05, 0) is 80.3 Å². The van der Waals surface area contributed by atoms with E-state index in [9.17, 15) is 13.6 Å². The summed E-state index contributed by atoms with van der Waals surface area (Å²) in [6, 6.07) is 4.84. The first-order valence-corrected chi connectivity index (χ1v) is 9.96. The Labute approximate surface area is 164 Å². The number of nitrogens with zero attached hydrogens (tertiary/aromatic N) is 2. The quantitative estimate of drug-likeness (QED) is 0.641. The molecule has 2 aliphatic rings. The minimum Gasteiger partial charge on any atom is -0.353 e. The largest absolute Gasteiger partial charge is 0.353 e. The van der Waals surface area contributed by atoms with Crippen LogP contribution in [0.5, 0.6) is 0 Å². The van der Waals surface area contributed by atoms with Crippen molar-refractivity contribution in [2.75, 3.05) is 18.0 Å². The van der Waals surface area contributed by atoms with Gasteiger partial charge in [0.15, 0.2) is 17.4 Å². The summed E-state index contributed by atoms with van der Waals surface area (Å²) in [5.41, 5.74) is 3.22. The highest BCUT2D eigenvalue weighted by Gasteiger charge is 2.40. The Kier molecular flexibility index (Phi) is 4.72. The Hall–Kier alpha value is -2.30. The van der Waals surface area contributed by atoms with E-state index in [2.05, 4.69) is 11.9 Å². The van der Waals surface area contributed by atoms with E-state index in [1.807, 2.05) is 11.8 Å². The summed E-state index contributed by atoms with van der Waals surface area (Å²) in [6.07, 6.45) is 5.58.